The molecule has 0 bridgehead atoms. The number of nitrogens with one attached hydrogen (secondary N) is 1. The Hall–Kier alpha value is -4.59. The summed E-state index contributed by atoms with van der Waals surface area (Å²) in [6.45, 7) is 3.72. The Morgan fingerprint density at radius 1 is 0.811 bits per heavy atom. The Balaban J connectivity index is 1.76. The van der Waals surface area contributed by atoms with Gasteiger partial charge >= 0.3 is 0 Å². The summed E-state index contributed by atoms with van der Waals surface area (Å²) in [5.41, 5.74) is 2.93. The lowest BCUT2D eigenvalue weighted by Gasteiger charge is -2.15. The third kappa shape index (κ3) is 5.33. The molecule has 0 spiro atoms. The monoisotopic (exact) mass is 500 g/mol. The van der Waals surface area contributed by atoms with Crippen molar-refractivity contribution in [2.45, 2.75) is 20.4 Å². The van der Waals surface area contributed by atoms with Gasteiger partial charge in [0.2, 0.25) is 11.3 Å². The summed E-state index contributed by atoms with van der Waals surface area (Å²) in [6, 6.07) is 15.3. The van der Waals surface area contributed by atoms with E-state index in [-0.39, 0.29) is 23.4 Å². The van der Waals surface area contributed by atoms with Crippen molar-refractivity contribution in [2.24, 2.45) is 0 Å². The number of ketones is 1. The van der Waals surface area contributed by atoms with Crippen molar-refractivity contribution >= 4 is 28.3 Å². The lowest BCUT2D eigenvalue weighted by molar-refractivity contribution is -0.116. The molecule has 3 aromatic carbocycles. The zero-order valence-electron chi connectivity index (χ0n) is 21.4. The van der Waals surface area contributed by atoms with Crippen molar-refractivity contribution in [3.05, 3.63) is 93.3 Å². The van der Waals surface area contributed by atoms with Crippen LogP contribution in [-0.4, -0.2) is 37.6 Å². The zero-order valence-corrected chi connectivity index (χ0v) is 21.4. The number of ether oxygens (including phenoxy) is 3. The summed E-state index contributed by atoms with van der Waals surface area (Å²) >= 11 is 0. The summed E-state index contributed by atoms with van der Waals surface area (Å²) in [5, 5.41) is 3.11. The summed E-state index contributed by atoms with van der Waals surface area (Å²) in [5.74, 6) is 0.749. The second kappa shape index (κ2) is 10.6. The van der Waals surface area contributed by atoms with Gasteiger partial charge < -0.3 is 24.1 Å². The third-order valence-corrected chi connectivity index (χ3v) is 6.25. The molecule has 1 heterocycles. The number of amides is 1. The topological polar surface area (TPSA) is 95.9 Å². The molecule has 8 heteroatoms. The normalized spacial score (nSPS) is 10.7. The van der Waals surface area contributed by atoms with Crippen molar-refractivity contribution in [2.75, 3.05) is 26.6 Å². The van der Waals surface area contributed by atoms with Crippen LogP contribution < -0.4 is 25.0 Å². The molecule has 4 rings (SSSR count). The maximum atomic E-state index is 13.4. The lowest BCUT2D eigenvalue weighted by atomic mass is 9.98. The van der Waals surface area contributed by atoms with Crippen molar-refractivity contribution in [1.29, 1.82) is 0 Å². The molecule has 0 saturated carbocycles. The number of fused-ring (bicyclic) bond motifs is 1. The lowest BCUT2D eigenvalue weighted by Crippen LogP contribution is -2.24. The SMILES string of the molecule is COc1cc(NC(=O)Cn2cc(C(=O)c3ccc(C)c(C)c3)c(=O)c3cc(OC)ccc32)cc(OC)c1. The number of carbonyl (C=O) groups is 2. The molecule has 0 aliphatic heterocycles. The molecule has 1 aromatic heterocycles. The van der Waals surface area contributed by atoms with E-state index in [1.807, 2.05) is 19.9 Å². The molecule has 0 radical (unpaired) electrons. The molecule has 1 amide bonds. The number of rotatable bonds is 8. The number of pyridine rings is 1. The number of nitrogens with zero attached hydrogens (tertiary/aromatic N) is 1. The highest BCUT2D eigenvalue weighted by Gasteiger charge is 2.19. The molecule has 0 fully saturated rings. The van der Waals surface area contributed by atoms with Crippen LogP contribution >= 0.6 is 0 Å². The summed E-state index contributed by atoms with van der Waals surface area (Å²) in [6.07, 6.45) is 1.44. The highest BCUT2D eigenvalue weighted by Crippen LogP contribution is 2.26. The Bertz CT molecular complexity index is 1550. The second-order valence-electron chi connectivity index (χ2n) is 8.66. The van der Waals surface area contributed by atoms with Crippen LogP contribution in [0.25, 0.3) is 10.9 Å². The van der Waals surface area contributed by atoms with E-state index in [1.165, 1.54) is 27.5 Å². The van der Waals surface area contributed by atoms with Crippen LogP contribution in [-0.2, 0) is 11.3 Å². The van der Waals surface area contributed by atoms with Crippen molar-refractivity contribution < 1.29 is 23.8 Å². The van der Waals surface area contributed by atoms with Gasteiger partial charge in [-0.05, 0) is 49.2 Å². The van der Waals surface area contributed by atoms with Crippen LogP contribution in [0.15, 0.2) is 65.6 Å². The number of aromatic nitrogens is 1. The molecule has 0 aliphatic carbocycles. The number of hydrogen-bond acceptors (Lipinski definition) is 6. The third-order valence-electron chi connectivity index (χ3n) is 6.25. The first kappa shape index (κ1) is 25.5. The van der Waals surface area contributed by atoms with Gasteiger partial charge in [0.05, 0.1) is 37.8 Å². The molecular weight excluding hydrogens is 472 g/mol. The maximum absolute atomic E-state index is 13.4. The predicted molar refractivity (Wildman–Crippen MR) is 142 cm³/mol. The summed E-state index contributed by atoms with van der Waals surface area (Å²) < 4.78 is 17.4. The standard InChI is InChI=1S/C29H28N2O6/c1-17-6-7-19(10-18(17)2)28(33)25-15-31(26-9-8-21(35-3)14-24(26)29(25)34)16-27(32)30-20-11-22(36-4)13-23(12-20)37-5/h6-15H,16H2,1-5H3,(H,30,32). The van der Waals surface area contributed by atoms with Crippen LogP contribution in [0.4, 0.5) is 5.69 Å². The number of carbonyl (C=O) groups excluding carboxylic acids is 2. The fourth-order valence-corrected chi connectivity index (χ4v) is 4.07. The van der Waals surface area contributed by atoms with Gasteiger partial charge in [0, 0.05) is 35.6 Å². The van der Waals surface area contributed by atoms with Crippen molar-refractivity contribution in [3.63, 3.8) is 0 Å². The van der Waals surface area contributed by atoms with Crippen molar-refractivity contribution in [1.82, 2.24) is 4.57 Å². The average molecular weight is 501 g/mol. The molecule has 37 heavy (non-hydrogen) atoms. The Labute approximate surface area is 214 Å². The molecule has 1 N–H and O–H groups in total. The number of anilines is 1. The molecule has 0 unspecified atom stereocenters. The summed E-state index contributed by atoms with van der Waals surface area (Å²) in [7, 11) is 4.55. The van der Waals surface area contributed by atoms with E-state index in [4.69, 9.17) is 14.2 Å². The minimum atomic E-state index is -0.425. The van der Waals surface area contributed by atoms with E-state index in [0.717, 1.165) is 11.1 Å². The van der Waals surface area contributed by atoms with Gasteiger partial charge in [-0.1, -0.05) is 12.1 Å². The van der Waals surface area contributed by atoms with E-state index < -0.39 is 11.2 Å². The number of benzene rings is 3. The molecule has 4 aromatic rings. The van der Waals surface area contributed by atoms with Gasteiger partial charge in [0.1, 0.15) is 23.8 Å². The van der Waals surface area contributed by atoms with Crippen LogP contribution in [0.1, 0.15) is 27.0 Å². The zero-order chi connectivity index (χ0) is 26.7. The van der Waals surface area contributed by atoms with Gasteiger partial charge in [-0.3, -0.25) is 14.4 Å². The smallest absolute Gasteiger partial charge is 0.244 e. The van der Waals surface area contributed by atoms with Gasteiger partial charge in [-0.15, -0.1) is 0 Å². The van der Waals surface area contributed by atoms with E-state index >= 15 is 0 Å². The number of methoxy groups -OCH3 is 3. The molecular formula is C29H28N2O6. The van der Waals surface area contributed by atoms with E-state index in [1.54, 1.807) is 53.1 Å². The summed E-state index contributed by atoms with van der Waals surface area (Å²) in [4.78, 5) is 39.9. The van der Waals surface area contributed by atoms with E-state index in [0.29, 0.717) is 34.0 Å². The van der Waals surface area contributed by atoms with E-state index in [2.05, 4.69) is 5.32 Å². The largest absolute Gasteiger partial charge is 0.497 e. The highest BCUT2D eigenvalue weighted by molar-refractivity contribution is 6.10. The second-order valence-corrected chi connectivity index (χ2v) is 8.66. The fraction of sp³-hybridized carbons (Fsp3) is 0.207. The predicted octanol–water partition coefficient (Wildman–Crippen LogP) is 4.51. The van der Waals surface area contributed by atoms with Crippen molar-refractivity contribution in [3.8, 4) is 17.2 Å². The molecule has 8 nitrogen and oxygen atoms in total. The van der Waals surface area contributed by atoms with Gasteiger partial charge in [-0.2, -0.15) is 0 Å². The van der Waals surface area contributed by atoms with Crippen LogP contribution in [0.3, 0.4) is 0 Å². The highest BCUT2D eigenvalue weighted by atomic mass is 16.5. The molecule has 0 aliphatic rings. The fourth-order valence-electron chi connectivity index (χ4n) is 4.07. The van der Waals surface area contributed by atoms with Gasteiger partial charge in [0.15, 0.2) is 5.78 Å². The van der Waals surface area contributed by atoms with Crippen LogP contribution in [0.5, 0.6) is 17.2 Å². The Morgan fingerprint density at radius 3 is 2.11 bits per heavy atom. The van der Waals surface area contributed by atoms with Gasteiger partial charge in [0.25, 0.3) is 0 Å². The van der Waals surface area contributed by atoms with Gasteiger partial charge in [-0.25, -0.2) is 0 Å². The van der Waals surface area contributed by atoms with Crippen LogP contribution in [0, 0.1) is 13.8 Å². The molecule has 0 saturated heterocycles. The maximum Gasteiger partial charge on any atom is 0.244 e. The number of aryl methyl sites for hydroxylation is 2. The quantitative estimate of drug-likeness (QED) is 0.358. The minimum Gasteiger partial charge on any atom is -0.497 e. The Kier molecular flexibility index (Phi) is 7.29. The first-order valence-electron chi connectivity index (χ1n) is 11.6. The van der Waals surface area contributed by atoms with E-state index in [9.17, 15) is 14.4 Å². The molecule has 190 valence electrons. The number of hydrogen-bond donors (Lipinski definition) is 1. The average Bonchev–Trinajstić information content (AvgIpc) is 2.90. The molecule has 0 atom stereocenters. The minimum absolute atomic E-state index is 0.0279. The van der Waals surface area contributed by atoms with Crippen LogP contribution in [0.2, 0.25) is 0 Å². The Morgan fingerprint density at radius 2 is 1.49 bits per heavy atom. The first-order valence-corrected chi connectivity index (χ1v) is 11.6. The first-order chi connectivity index (χ1) is 17.7.